The van der Waals surface area contributed by atoms with Gasteiger partial charge in [0, 0.05) is 34.7 Å². The molecule has 0 saturated carbocycles. The van der Waals surface area contributed by atoms with Crippen LogP contribution in [0.1, 0.15) is 33.6 Å². The molecule has 1 atom stereocenters. The maximum atomic E-state index is 13.0. The van der Waals surface area contributed by atoms with E-state index in [1.165, 1.54) is 27.8 Å². The highest BCUT2D eigenvalue weighted by molar-refractivity contribution is 7.89. The summed E-state index contributed by atoms with van der Waals surface area (Å²) in [5.41, 5.74) is 0.562. The van der Waals surface area contributed by atoms with Gasteiger partial charge in [0.25, 0.3) is 5.91 Å². The van der Waals surface area contributed by atoms with Crippen molar-refractivity contribution in [3.8, 4) is 0 Å². The molecule has 1 aliphatic rings. The smallest absolute Gasteiger partial charge is 0.286 e. The lowest BCUT2D eigenvalue weighted by Crippen LogP contribution is -2.39. The van der Waals surface area contributed by atoms with Gasteiger partial charge in [0.2, 0.25) is 15.0 Å². The molecule has 7 nitrogen and oxygen atoms in total. The first kappa shape index (κ1) is 22.2. The first-order valence-electron chi connectivity index (χ1n) is 9.49. The van der Waals surface area contributed by atoms with Crippen LogP contribution in [0.4, 0.5) is 5.69 Å². The Bertz CT molecular complexity index is 1200. The number of hydrogen-bond donors (Lipinski definition) is 1. The molecular formula is C20H18Cl2N4O3S2. The van der Waals surface area contributed by atoms with Gasteiger partial charge >= 0.3 is 0 Å². The molecule has 0 unspecified atom stereocenters. The summed E-state index contributed by atoms with van der Waals surface area (Å²) in [6, 6.07) is 13.0. The molecule has 31 heavy (non-hydrogen) atoms. The number of rotatable bonds is 5. The van der Waals surface area contributed by atoms with Gasteiger partial charge in [-0.3, -0.25) is 4.79 Å². The lowest BCUT2D eigenvalue weighted by atomic mass is 10.0. The fraction of sp³-hybridized carbons (Fsp3) is 0.250. The van der Waals surface area contributed by atoms with Crippen molar-refractivity contribution in [3.05, 3.63) is 68.6 Å². The monoisotopic (exact) mass is 496 g/mol. The van der Waals surface area contributed by atoms with Crippen molar-refractivity contribution in [2.24, 2.45) is 0 Å². The third-order valence-electron chi connectivity index (χ3n) is 4.90. The maximum absolute atomic E-state index is 13.0. The number of aromatic nitrogens is 2. The highest BCUT2D eigenvalue weighted by Crippen LogP contribution is 2.32. The number of amides is 1. The molecule has 1 fully saturated rings. The Balaban J connectivity index is 1.47. The Morgan fingerprint density at radius 2 is 1.87 bits per heavy atom. The van der Waals surface area contributed by atoms with Crippen LogP contribution < -0.4 is 5.32 Å². The fourth-order valence-electron chi connectivity index (χ4n) is 3.36. The van der Waals surface area contributed by atoms with E-state index < -0.39 is 10.0 Å². The number of benzene rings is 2. The maximum Gasteiger partial charge on any atom is 0.286 e. The first-order chi connectivity index (χ1) is 14.8. The molecule has 1 aliphatic heterocycles. The summed E-state index contributed by atoms with van der Waals surface area (Å²) >= 11 is 13.0. The van der Waals surface area contributed by atoms with Crippen LogP contribution in [-0.4, -0.2) is 41.9 Å². The second-order valence-corrected chi connectivity index (χ2v) is 10.9. The summed E-state index contributed by atoms with van der Waals surface area (Å²) in [7, 11) is -3.63. The Morgan fingerprint density at radius 1 is 1.10 bits per heavy atom. The number of sulfonamides is 1. The van der Waals surface area contributed by atoms with Crippen LogP contribution in [0.15, 0.2) is 53.4 Å². The first-order valence-corrected chi connectivity index (χ1v) is 12.5. The number of anilines is 1. The molecule has 1 amide bonds. The van der Waals surface area contributed by atoms with E-state index in [-0.39, 0.29) is 28.3 Å². The van der Waals surface area contributed by atoms with Crippen LogP contribution in [0, 0.1) is 0 Å². The standard InChI is InChI=1S/C20H18Cl2N4O3S2/c21-14-6-8-17(9-7-14)31(28,29)26-10-2-3-13(12-26)19-24-25-20(30-19)18(27)23-16-5-1-4-15(22)11-16/h1,4-9,11,13H,2-3,10,12H2,(H,23,27)/t13-/m1/s1. The summed E-state index contributed by atoms with van der Waals surface area (Å²) in [6.45, 7) is 0.720. The van der Waals surface area contributed by atoms with Crippen molar-refractivity contribution in [2.45, 2.75) is 23.7 Å². The van der Waals surface area contributed by atoms with E-state index in [1.54, 1.807) is 36.4 Å². The molecule has 0 radical (unpaired) electrons. The van der Waals surface area contributed by atoms with Gasteiger partial charge in [-0.2, -0.15) is 4.31 Å². The third-order valence-corrected chi connectivity index (χ3v) is 8.35. The summed E-state index contributed by atoms with van der Waals surface area (Å²) in [5.74, 6) is -0.506. The molecule has 1 N–H and O–H groups in total. The van der Waals surface area contributed by atoms with Crippen molar-refractivity contribution < 1.29 is 13.2 Å². The zero-order chi connectivity index (χ0) is 22.0. The predicted octanol–water partition coefficient (Wildman–Crippen LogP) is 4.67. The molecule has 4 rings (SSSR count). The zero-order valence-electron chi connectivity index (χ0n) is 16.2. The van der Waals surface area contributed by atoms with Gasteiger partial charge in [0.1, 0.15) is 5.01 Å². The number of halogens is 2. The molecular weight excluding hydrogens is 479 g/mol. The minimum atomic E-state index is -3.63. The largest absolute Gasteiger partial charge is 0.320 e. The number of carbonyl (C=O) groups is 1. The van der Waals surface area contributed by atoms with Crippen molar-refractivity contribution >= 4 is 56.2 Å². The highest BCUT2D eigenvalue weighted by atomic mass is 35.5. The van der Waals surface area contributed by atoms with Crippen molar-refractivity contribution in [2.75, 3.05) is 18.4 Å². The van der Waals surface area contributed by atoms with E-state index >= 15 is 0 Å². The number of hydrogen-bond acceptors (Lipinski definition) is 6. The molecule has 1 saturated heterocycles. The second-order valence-electron chi connectivity index (χ2n) is 7.07. The summed E-state index contributed by atoms with van der Waals surface area (Å²) in [5, 5.41) is 12.8. The van der Waals surface area contributed by atoms with Crippen molar-refractivity contribution in [1.29, 1.82) is 0 Å². The van der Waals surface area contributed by atoms with E-state index in [1.807, 2.05) is 0 Å². The van der Waals surface area contributed by atoms with Gasteiger partial charge in [0.05, 0.1) is 4.90 Å². The quantitative estimate of drug-likeness (QED) is 0.554. The van der Waals surface area contributed by atoms with Crippen LogP contribution in [0.25, 0.3) is 0 Å². The van der Waals surface area contributed by atoms with Crippen LogP contribution in [0.5, 0.6) is 0 Å². The fourth-order valence-corrected chi connectivity index (χ4v) is 6.06. The predicted molar refractivity (Wildman–Crippen MR) is 122 cm³/mol. The van der Waals surface area contributed by atoms with E-state index in [0.29, 0.717) is 33.7 Å². The Morgan fingerprint density at radius 3 is 2.61 bits per heavy atom. The molecule has 2 aromatic carbocycles. The van der Waals surface area contributed by atoms with Crippen LogP contribution in [0.2, 0.25) is 10.0 Å². The molecule has 162 valence electrons. The van der Waals surface area contributed by atoms with Gasteiger partial charge in [0.15, 0.2) is 0 Å². The normalized spacial score (nSPS) is 17.4. The summed E-state index contributed by atoms with van der Waals surface area (Å²) in [6.07, 6.45) is 1.47. The van der Waals surface area contributed by atoms with Gasteiger partial charge in [-0.05, 0) is 55.3 Å². The zero-order valence-corrected chi connectivity index (χ0v) is 19.3. The molecule has 1 aromatic heterocycles. The Hall–Kier alpha value is -2.04. The minimum Gasteiger partial charge on any atom is -0.320 e. The van der Waals surface area contributed by atoms with Crippen LogP contribution in [-0.2, 0) is 10.0 Å². The lowest BCUT2D eigenvalue weighted by molar-refractivity contribution is 0.102. The molecule has 0 bridgehead atoms. The third kappa shape index (κ3) is 5.07. The Labute approximate surface area is 194 Å². The molecule has 0 aliphatic carbocycles. The van der Waals surface area contributed by atoms with E-state index in [0.717, 1.165) is 6.42 Å². The summed E-state index contributed by atoms with van der Waals surface area (Å²) in [4.78, 5) is 12.7. The molecule has 3 aromatic rings. The van der Waals surface area contributed by atoms with Gasteiger partial charge < -0.3 is 5.32 Å². The lowest BCUT2D eigenvalue weighted by Gasteiger charge is -2.30. The van der Waals surface area contributed by atoms with Crippen molar-refractivity contribution in [3.63, 3.8) is 0 Å². The topological polar surface area (TPSA) is 92.3 Å². The minimum absolute atomic E-state index is 0.124. The second kappa shape index (κ2) is 9.22. The number of nitrogens with zero attached hydrogens (tertiary/aromatic N) is 3. The summed E-state index contributed by atoms with van der Waals surface area (Å²) < 4.78 is 27.4. The van der Waals surface area contributed by atoms with Gasteiger partial charge in [-0.25, -0.2) is 8.42 Å². The van der Waals surface area contributed by atoms with Crippen LogP contribution in [0.3, 0.4) is 0 Å². The van der Waals surface area contributed by atoms with E-state index in [9.17, 15) is 13.2 Å². The van der Waals surface area contributed by atoms with E-state index in [2.05, 4.69) is 15.5 Å². The van der Waals surface area contributed by atoms with Crippen LogP contribution >= 0.6 is 34.5 Å². The van der Waals surface area contributed by atoms with Gasteiger partial charge in [-0.15, -0.1) is 10.2 Å². The Kier molecular flexibility index (Phi) is 6.59. The molecule has 2 heterocycles. The van der Waals surface area contributed by atoms with Gasteiger partial charge in [-0.1, -0.05) is 40.6 Å². The SMILES string of the molecule is O=C(Nc1cccc(Cl)c1)c1nnc([C@@H]2CCCN(S(=O)(=O)c3ccc(Cl)cc3)C2)s1. The number of piperidine rings is 1. The van der Waals surface area contributed by atoms with Crippen molar-refractivity contribution in [1.82, 2.24) is 14.5 Å². The number of nitrogens with one attached hydrogen (secondary N) is 1. The highest BCUT2D eigenvalue weighted by Gasteiger charge is 2.32. The van der Waals surface area contributed by atoms with E-state index in [4.69, 9.17) is 23.2 Å². The average Bonchev–Trinajstić information content (AvgIpc) is 3.25. The molecule has 11 heteroatoms. The molecule has 0 spiro atoms. The number of carbonyl (C=O) groups excluding carboxylic acids is 1. The average molecular weight is 497 g/mol.